The maximum absolute atomic E-state index is 13.1. The smallest absolute Gasteiger partial charge is 0.267 e. The second-order valence-electron chi connectivity index (χ2n) is 7.66. The van der Waals surface area contributed by atoms with Gasteiger partial charge in [-0.25, -0.2) is 4.98 Å². The third-order valence-electron chi connectivity index (χ3n) is 5.70. The fourth-order valence-corrected chi connectivity index (χ4v) is 6.06. The van der Waals surface area contributed by atoms with Crippen molar-refractivity contribution >= 4 is 50.2 Å². The van der Waals surface area contributed by atoms with E-state index in [1.807, 2.05) is 18.2 Å². The van der Waals surface area contributed by atoms with Gasteiger partial charge in [0, 0.05) is 33.3 Å². The van der Waals surface area contributed by atoms with Crippen LogP contribution in [0.5, 0.6) is 5.75 Å². The van der Waals surface area contributed by atoms with Gasteiger partial charge in [0.25, 0.3) is 5.91 Å². The molecule has 0 radical (unpaired) electrons. The Morgan fingerprint density at radius 3 is 2.84 bits per heavy atom. The molecule has 5 nitrogen and oxygen atoms in total. The zero-order chi connectivity index (χ0) is 21.4. The molecule has 0 bridgehead atoms. The van der Waals surface area contributed by atoms with E-state index in [2.05, 4.69) is 22.8 Å². The minimum atomic E-state index is -0.221. The van der Waals surface area contributed by atoms with Gasteiger partial charge in [0.2, 0.25) is 0 Å². The monoisotopic (exact) mass is 449 g/mol. The zero-order valence-electron chi connectivity index (χ0n) is 17.2. The number of carbonyl (C=O) groups excluding carboxylic acids is 1. The number of carbonyl (C=O) groups is 1. The number of aromatic nitrogens is 1. The maximum atomic E-state index is 13.1. The Morgan fingerprint density at radius 2 is 2.03 bits per heavy atom. The van der Waals surface area contributed by atoms with Crippen molar-refractivity contribution in [1.82, 2.24) is 4.98 Å². The highest BCUT2D eigenvalue weighted by molar-refractivity contribution is 7.21. The Kier molecular flexibility index (Phi) is 5.38. The van der Waals surface area contributed by atoms with Crippen LogP contribution in [0.2, 0.25) is 0 Å². The van der Waals surface area contributed by atoms with E-state index in [4.69, 9.17) is 15.5 Å². The normalized spacial score (nSPS) is 13.6. The fourth-order valence-electron chi connectivity index (χ4n) is 4.23. The Morgan fingerprint density at radius 1 is 1.16 bits per heavy atom. The summed E-state index contributed by atoms with van der Waals surface area (Å²) in [6.07, 6.45) is 5.52. The number of nitrogens with zero attached hydrogens (tertiary/aromatic N) is 1. The molecule has 31 heavy (non-hydrogen) atoms. The maximum Gasteiger partial charge on any atom is 0.267 e. The third kappa shape index (κ3) is 3.68. The number of fused-ring (bicyclic) bond motifs is 2. The highest BCUT2D eigenvalue weighted by atomic mass is 32.1. The molecule has 0 unspecified atom stereocenters. The molecule has 1 aromatic carbocycles. The number of hydrogen-bond donors (Lipinski definition) is 2. The van der Waals surface area contributed by atoms with Crippen molar-refractivity contribution in [3.05, 3.63) is 57.9 Å². The highest BCUT2D eigenvalue weighted by Crippen LogP contribution is 2.44. The first-order valence-electron chi connectivity index (χ1n) is 10.4. The highest BCUT2D eigenvalue weighted by Gasteiger charge is 2.25. The summed E-state index contributed by atoms with van der Waals surface area (Å²) >= 11 is 3.09. The quantitative estimate of drug-likeness (QED) is 0.367. The van der Waals surface area contributed by atoms with Crippen LogP contribution >= 0.6 is 22.7 Å². The van der Waals surface area contributed by atoms with Crippen LogP contribution in [0.15, 0.2) is 41.8 Å². The number of nitrogen functional groups attached to an aromatic ring is 1. The number of methoxy groups -OCH3 is 1. The van der Waals surface area contributed by atoms with Gasteiger partial charge in [-0.1, -0.05) is 18.6 Å². The molecule has 3 N–H and O–H groups in total. The summed E-state index contributed by atoms with van der Waals surface area (Å²) in [6.45, 7) is 0. The van der Waals surface area contributed by atoms with Gasteiger partial charge >= 0.3 is 0 Å². The van der Waals surface area contributed by atoms with Gasteiger partial charge < -0.3 is 15.8 Å². The van der Waals surface area contributed by atoms with E-state index in [9.17, 15) is 4.79 Å². The molecule has 1 amide bonds. The minimum absolute atomic E-state index is 0.221. The number of rotatable bonds is 4. The summed E-state index contributed by atoms with van der Waals surface area (Å²) in [5, 5.41) is 5.96. The molecule has 5 rings (SSSR count). The molecule has 1 aliphatic carbocycles. The summed E-state index contributed by atoms with van der Waals surface area (Å²) in [4.78, 5) is 20.7. The predicted octanol–water partition coefficient (Wildman–Crippen LogP) is 6.14. The van der Waals surface area contributed by atoms with Crippen LogP contribution in [0.3, 0.4) is 0 Å². The third-order valence-corrected chi connectivity index (χ3v) is 7.69. The van der Waals surface area contributed by atoms with E-state index in [-0.39, 0.29) is 5.91 Å². The lowest BCUT2D eigenvalue weighted by Gasteiger charge is -2.13. The minimum Gasteiger partial charge on any atom is -0.497 e. The molecule has 0 spiro atoms. The van der Waals surface area contributed by atoms with Gasteiger partial charge in [-0.15, -0.1) is 22.7 Å². The van der Waals surface area contributed by atoms with Crippen molar-refractivity contribution in [1.29, 1.82) is 0 Å². The zero-order valence-corrected chi connectivity index (χ0v) is 18.9. The topological polar surface area (TPSA) is 77.2 Å². The van der Waals surface area contributed by atoms with Gasteiger partial charge in [-0.05, 0) is 54.8 Å². The average Bonchev–Trinajstić information content (AvgIpc) is 3.35. The van der Waals surface area contributed by atoms with E-state index in [1.165, 1.54) is 33.8 Å². The van der Waals surface area contributed by atoms with Crippen LogP contribution in [0.25, 0.3) is 20.7 Å². The number of anilines is 2. The van der Waals surface area contributed by atoms with Crippen LogP contribution in [0.4, 0.5) is 11.4 Å². The largest absolute Gasteiger partial charge is 0.497 e. The van der Waals surface area contributed by atoms with Crippen LogP contribution in [0.1, 0.15) is 40.2 Å². The number of benzene rings is 1. The van der Waals surface area contributed by atoms with Crippen molar-refractivity contribution in [2.75, 3.05) is 18.2 Å². The molecule has 0 aliphatic heterocycles. The predicted molar refractivity (Wildman–Crippen MR) is 130 cm³/mol. The number of amides is 1. The van der Waals surface area contributed by atoms with Crippen LogP contribution in [-0.4, -0.2) is 18.0 Å². The Hall–Kier alpha value is -2.90. The molecule has 158 valence electrons. The SMILES string of the molecule is COc1cccc(NC(=O)c2sc3nc4c(c(-c5cccs5)c3c2N)CCCCC4)c1. The number of nitrogens with one attached hydrogen (secondary N) is 1. The number of ether oxygens (including phenoxy) is 1. The molecule has 0 saturated carbocycles. The lowest BCUT2D eigenvalue weighted by Crippen LogP contribution is -2.12. The number of pyridine rings is 1. The average molecular weight is 450 g/mol. The van der Waals surface area contributed by atoms with Crippen LogP contribution < -0.4 is 15.8 Å². The van der Waals surface area contributed by atoms with E-state index >= 15 is 0 Å². The molecular formula is C24H23N3O2S2. The molecule has 3 aromatic heterocycles. The van der Waals surface area contributed by atoms with Crippen molar-refractivity contribution < 1.29 is 9.53 Å². The van der Waals surface area contributed by atoms with Gasteiger partial charge in [0.1, 0.15) is 15.5 Å². The van der Waals surface area contributed by atoms with Crippen molar-refractivity contribution in [3.8, 4) is 16.2 Å². The second kappa shape index (κ2) is 8.32. The van der Waals surface area contributed by atoms with E-state index < -0.39 is 0 Å². The fraction of sp³-hybridized carbons (Fsp3) is 0.250. The molecule has 3 heterocycles. The Balaban J connectivity index is 1.63. The number of aryl methyl sites for hydroxylation is 1. The van der Waals surface area contributed by atoms with Gasteiger partial charge in [-0.2, -0.15) is 0 Å². The standard InChI is InChI=1S/C24H23N3O2S2/c1-29-15-8-5-7-14(13-15)26-23(28)22-21(25)20-19(18-11-6-12-30-18)16-9-3-2-4-10-17(16)27-24(20)31-22/h5-8,11-13H,2-4,9-10,25H2,1H3,(H,26,28). The molecule has 1 aliphatic rings. The van der Waals surface area contributed by atoms with E-state index in [0.29, 0.717) is 22.0 Å². The number of nitrogens with two attached hydrogens (primary N) is 1. The summed E-state index contributed by atoms with van der Waals surface area (Å²) in [5.41, 5.74) is 11.4. The molecule has 7 heteroatoms. The van der Waals surface area contributed by atoms with Crippen molar-refractivity contribution in [2.45, 2.75) is 32.1 Å². The summed E-state index contributed by atoms with van der Waals surface area (Å²) in [7, 11) is 1.60. The van der Waals surface area contributed by atoms with Crippen LogP contribution in [-0.2, 0) is 12.8 Å². The first-order chi connectivity index (χ1) is 15.2. The molecule has 4 aromatic rings. The molecule has 0 saturated heterocycles. The van der Waals surface area contributed by atoms with Crippen molar-refractivity contribution in [2.24, 2.45) is 0 Å². The Labute approximate surface area is 188 Å². The van der Waals surface area contributed by atoms with Gasteiger partial charge in [0.05, 0.1) is 12.8 Å². The lowest BCUT2D eigenvalue weighted by molar-refractivity contribution is 0.103. The summed E-state index contributed by atoms with van der Waals surface area (Å²) in [6, 6.07) is 11.5. The number of thiophene rings is 2. The molecule has 0 fully saturated rings. The second-order valence-corrected chi connectivity index (χ2v) is 9.61. The van der Waals surface area contributed by atoms with E-state index in [0.717, 1.165) is 41.6 Å². The Bertz CT molecular complexity index is 1260. The van der Waals surface area contributed by atoms with Gasteiger partial charge in [-0.3, -0.25) is 4.79 Å². The van der Waals surface area contributed by atoms with E-state index in [1.54, 1.807) is 24.5 Å². The number of hydrogen-bond acceptors (Lipinski definition) is 6. The first-order valence-corrected chi connectivity index (χ1v) is 12.1. The van der Waals surface area contributed by atoms with Crippen molar-refractivity contribution in [3.63, 3.8) is 0 Å². The molecular weight excluding hydrogens is 426 g/mol. The molecule has 0 atom stereocenters. The first kappa shape index (κ1) is 20.0. The summed E-state index contributed by atoms with van der Waals surface area (Å²) in [5.74, 6) is 0.466. The van der Waals surface area contributed by atoms with Gasteiger partial charge in [0.15, 0.2) is 0 Å². The summed E-state index contributed by atoms with van der Waals surface area (Å²) < 4.78 is 5.26. The van der Waals surface area contributed by atoms with Crippen LogP contribution in [0, 0.1) is 0 Å². The lowest BCUT2D eigenvalue weighted by atomic mass is 9.97.